The molecule has 9 heteroatoms. The van der Waals surface area contributed by atoms with Gasteiger partial charge in [0, 0.05) is 5.69 Å². The smallest absolute Gasteiger partial charge is 0.334 e. The zero-order valence-electron chi connectivity index (χ0n) is 15.1. The summed E-state index contributed by atoms with van der Waals surface area (Å²) in [5.41, 5.74) is 3.41. The third-order valence-corrected chi connectivity index (χ3v) is 5.11. The molecule has 0 saturated carbocycles. The van der Waals surface area contributed by atoms with E-state index in [1.54, 1.807) is 0 Å². The first-order valence-corrected chi connectivity index (χ1v) is 9.29. The lowest BCUT2D eigenvalue weighted by molar-refractivity contribution is -0.383. The minimum atomic E-state index is -0.499. The van der Waals surface area contributed by atoms with Crippen molar-refractivity contribution in [3.05, 3.63) is 70.0 Å². The SMILES string of the molecule is Cc1ccc(Nc2ncnc(Nc3nc4ccccc4s3)c2[N+](=O)[O-])c(C)c1. The van der Waals surface area contributed by atoms with Crippen molar-refractivity contribution >= 4 is 49.7 Å². The lowest BCUT2D eigenvalue weighted by Gasteiger charge is -2.11. The number of para-hydroxylation sites is 1. The maximum Gasteiger partial charge on any atom is 0.353 e. The molecule has 2 aromatic carbocycles. The molecule has 140 valence electrons. The van der Waals surface area contributed by atoms with Gasteiger partial charge in [-0.25, -0.2) is 15.0 Å². The van der Waals surface area contributed by atoms with E-state index in [4.69, 9.17) is 0 Å². The molecule has 8 nitrogen and oxygen atoms in total. The molecule has 0 aliphatic carbocycles. The fourth-order valence-corrected chi connectivity index (χ4v) is 3.71. The molecule has 0 spiro atoms. The summed E-state index contributed by atoms with van der Waals surface area (Å²) in [6, 6.07) is 13.4. The molecule has 0 radical (unpaired) electrons. The van der Waals surface area contributed by atoms with Crippen molar-refractivity contribution in [3.63, 3.8) is 0 Å². The number of nitrogens with zero attached hydrogens (tertiary/aromatic N) is 4. The normalized spacial score (nSPS) is 10.8. The van der Waals surface area contributed by atoms with E-state index in [-0.39, 0.29) is 17.3 Å². The Kier molecular flexibility index (Phi) is 4.58. The van der Waals surface area contributed by atoms with Crippen LogP contribution in [0.5, 0.6) is 0 Å². The van der Waals surface area contributed by atoms with Gasteiger partial charge in [0.2, 0.25) is 11.6 Å². The third kappa shape index (κ3) is 3.47. The maximum absolute atomic E-state index is 11.8. The lowest BCUT2D eigenvalue weighted by Crippen LogP contribution is -2.06. The van der Waals surface area contributed by atoms with Crippen molar-refractivity contribution in [1.29, 1.82) is 0 Å². The van der Waals surface area contributed by atoms with E-state index in [0.717, 1.165) is 27.0 Å². The molecule has 0 amide bonds. The molecule has 28 heavy (non-hydrogen) atoms. The Balaban J connectivity index is 1.71. The average Bonchev–Trinajstić information content (AvgIpc) is 3.06. The summed E-state index contributed by atoms with van der Waals surface area (Å²) >= 11 is 1.40. The minimum Gasteiger partial charge on any atom is -0.334 e. The van der Waals surface area contributed by atoms with Crippen LogP contribution in [0.4, 0.5) is 28.1 Å². The standard InChI is InChI=1S/C19H16N6O2S/c1-11-7-8-13(12(2)9-11)22-17-16(25(26)27)18(21-10-20-17)24-19-23-14-5-3-4-6-15(14)28-19/h3-10H,1-2H3,(H2,20,21,22,23,24). The van der Waals surface area contributed by atoms with Gasteiger partial charge < -0.3 is 10.6 Å². The highest BCUT2D eigenvalue weighted by molar-refractivity contribution is 7.22. The number of aryl methyl sites for hydroxylation is 2. The van der Waals surface area contributed by atoms with Crippen LogP contribution in [0.1, 0.15) is 11.1 Å². The lowest BCUT2D eigenvalue weighted by atomic mass is 10.1. The van der Waals surface area contributed by atoms with E-state index in [1.807, 2.05) is 56.3 Å². The molecule has 0 bridgehead atoms. The van der Waals surface area contributed by atoms with Gasteiger partial charge in [-0.3, -0.25) is 10.1 Å². The second kappa shape index (κ2) is 7.20. The molecule has 4 rings (SSSR count). The molecule has 2 heterocycles. The second-order valence-electron chi connectivity index (χ2n) is 6.23. The molecular weight excluding hydrogens is 376 g/mol. The van der Waals surface area contributed by atoms with E-state index in [0.29, 0.717) is 5.13 Å². The average molecular weight is 392 g/mol. The van der Waals surface area contributed by atoms with Crippen molar-refractivity contribution in [2.75, 3.05) is 10.6 Å². The Morgan fingerprint density at radius 1 is 1.04 bits per heavy atom. The van der Waals surface area contributed by atoms with Crippen molar-refractivity contribution in [3.8, 4) is 0 Å². The highest BCUT2D eigenvalue weighted by atomic mass is 32.1. The summed E-state index contributed by atoms with van der Waals surface area (Å²) < 4.78 is 0.982. The number of hydrogen-bond acceptors (Lipinski definition) is 8. The van der Waals surface area contributed by atoms with Crippen LogP contribution in [0, 0.1) is 24.0 Å². The number of thiazole rings is 1. The first-order chi connectivity index (χ1) is 13.5. The zero-order valence-corrected chi connectivity index (χ0v) is 15.9. The van der Waals surface area contributed by atoms with Gasteiger partial charge in [-0.2, -0.15) is 0 Å². The highest BCUT2D eigenvalue weighted by Crippen LogP contribution is 2.35. The Bertz CT molecular complexity index is 1160. The number of nitro groups is 1. The van der Waals surface area contributed by atoms with E-state index in [2.05, 4.69) is 25.6 Å². The van der Waals surface area contributed by atoms with Crippen LogP contribution in [0.3, 0.4) is 0 Å². The number of fused-ring (bicyclic) bond motifs is 1. The van der Waals surface area contributed by atoms with Crippen LogP contribution in [0.15, 0.2) is 48.8 Å². The highest BCUT2D eigenvalue weighted by Gasteiger charge is 2.24. The van der Waals surface area contributed by atoms with Gasteiger partial charge in [-0.05, 0) is 37.6 Å². The molecule has 0 aliphatic heterocycles. The summed E-state index contributed by atoms with van der Waals surface area (Å²) in [6.07, 6.45) is 1.29. The summed E-state index contributed by atoms with van der Waals surface area (Å²) in [7, 11) is 0. The van der Waals surface area contributed by atoms with E-state index in [1.165, 1.54) is 17.7 Å². The molecule has 4 aromatic rings. The largest absolute Gasteiger partial charge is 0.353 e. The molecule has 0 aliphatic rings. The Morgan fingerprint density at radius 2 is 1.79 bits per heavy atom. The molecule has 2 aromatic heterocycles. The Labute approximate surface area is 164 Å². The summed E-state index contributed by atoms with van der Waals surface area (Å²) in [5, 5.41) is 18.3. The van der Waals surface area contributed by atoms with Crippen LogP contribution in [-0.4, -0.2) is 19.9 Å². The number of rotatable bonds is 5. The van der Waals surface area contributed by atoms with Crippen molar-refractivity contribution in [2.45, 2.75) is 13.8 Å². The molecular formula is C19H16N6O2S. The fraction of sp³-hybridized carbons (Fsp3) is 0.105. The van der Waals surface area contributed by atoms with Gasteiger partial charge in [-0.15, -0.1) is 0 Å². The van der Waals surface area contributed by atoms with Crippen molar-refractivity contribution in [1.82, 2.24) is 15.0 Å². The topological polar surface area (TPSA) is 106 Å². The summed E-state index contributed by atoms with van der Waals surface area (Å²) in [4.78, 5) is 23.9. The van der Waals surface area contributed by atoms with Crippen LogP contribution in [-0.2, 0) is 0 Å². The third-order valence-electron chi connectivity index (χ3n) is 4.16. The first kappa shape index (κ1) is 17.8. The quantitative estimate of drug-likeness (QED) is 0.359. The first-order valence-electron chi connectivity index (χ1n) is 8.47. The van der Waals surface area contributed by atoms with Gasteiger partial charge in [0.1, 0.15) is 6.33 Å². The predicted octanol–water partition coefficient (Wildman–Crippen LogP) is 5.10. The number of aromatic nitrogens is 3. The number of nitrogens with one attached hydrogen (secondary N) is 2. The Hall–Kier alpha value is -3.59. The number of anilines is 4. The second-order valence-corrected chi connectivity index (χ2v) is 7.26. The van der Waals surface area contributed by atoms with Crippen molar-refractivity contribution < 1.29 is 4.92 Å². The van der Waals surface area contributed by atoms with Crippen LogP contribution in [0.2, 0.25) is 0 Å². The van der Waals surface area contributed by atoms with Gasteiger partial charge in [0.05, 0.1) is 15.1 Å². The molecule has 0 atom stereocenters. The molecule has 0 fully saturated rings. The number of benzene rings is 2. The predicted molar refractivity (Wildman–Crippen MR) is 111 cm³/mol. The van der Waals surface area contributed by atoms with E-state index in [9.17, 15) is 10.1 Å². The maximum atomic E-state index is 11.8. The molecule has 0 saturated heterocycles. The van der Waals surface area contributed by atoms with Crippen LogP contribution in [0.25, 0.3) is 10.2 Å². The fourth-order valence-electron chi connectivity index (χ4n) is 2.84. The van der Waals surface area contributed by atoms with Gasteiger partial charge >= 0.3 is 5.69 Å². The monoisotopic (exact) mass is 392 g/mol. The van der Waals surface area contributed by atoms with Crippen LogP contribution < -0.4 is 10.6 Å². The number of hydrogen-bond donors (Lipinski definition) is 2. The van der Waals surface area contributed by atoms with Gasteiger partial charge in [-0.1, -0.05) is 41.2 Å². The molecule has 0 unspecified atom stereocenters. The van der Waals surface area contributed by atoms with Crippen LogP contribution >= 0.6 is 11.3 Å². The minimum absolute atomic E-state index is 0.0892. The van der Waals surface area contributed by atoms with Gasteiger partial charge in [0.25, 0.3) is 0 Å². The summed E-state index contributed by atoms with van der Waals surface area (Å²) in [6.45, 7) is 3.92. The molecule has 2 N–H and O–H groups in total. The summed E-state index contributed by atoms with van der Waals surface area (Å²) in [5.74, 6) is 0.210. The van der Waals surface area contributed by atoms with E-state index >= 15 is 0 Å². The Morgan fingerprint density at radius 3 is 2.50 bits per heavy atom. The zero-order chi connectivity index (χ0) is 19.7. The van der Waals surface area contributed by atoms with Crippen molar-refractivity contribution in [2.24, 2.45) is 0 Å². The van der Waals surface area contributed by atoms with Gasteiger partial charge in [0.15, 0.2) is 5.13 Å². The van der Waals surface area contributed by atoms with E-state index < -0.39 is 4.92 Å².